The SMILES string of the molecule is CCCOc1ccc([C@@H]2c3c(-c4ccccc4O)n[nH]c3C(=O)N2CCOC)cc1. The second-order valence-electron chi connectivity index (χ2n) is 7.19. The van der Waals surface area contributed by atoms with E-state index in [1.54, 1.807) is 30.2 Å². The fraction of sp³-hybridized carbons (Fsp3) is 0.304. The number of methoxy groups -OCH3 is 1. The van der Waals surface area contributed by atoms with Crippen LogP contribution in [0, 0.1) is 0 Å². The van der Waals surface area contributed by atoms with Crippen LogP contribution in [-0.2, 0) is 4.74 Å². The molecule has 2 aromatic carbocycles. The van der Waals surface area contributed by atoms with Crippen molar-refractivity contribution in [3.8, 4) is 22.8 Å². The summed E-state index contributed by atoms with van der Waals surface area (Å²) in [6.45, 7) is 3.58. The molecule has 156 valence electrons. The van der Waals surface area contributed by atoms with Gasteiger partial charge in [-0.05, 0) is 36.2 Å². The van der Waals surface area contributed by atoms with Gasteiger partial charge in [-0.3, -0.25) is 9.89 Å². The average Bonchev–Trinajstić information content (AvgIpc) is 3.30. The molecule has 3 aromatic rings. The number of rotatable bonds is 8. The van der Waals surface area contributed by atoms with Crippen molar-refractivity contribution in [2.24, 2.45) is 0 Å². The second kappa shape index (κ2) is 8.59. The van der Waals surface area contributed by atoms with Crippen molar-refractivity contribution in [3.05, 3.63) is 65.4 Å². The van der Waals surface area contributed by atoms with Crippen LogP contribution in [0.4, 0.5) is 0 Å². The molecule has 0 fully saturated rings. The number of benzene rings is 2. The highest BCUT2D eigenvalue weighted by molar-refractivity contribution is 6.00. The molecule has 1 aromatic heterocycles. The fourth-order valence-electron chi connectivity index (χ4n) is 3.81. The van der Waals surface area contributed by atoms with Gasteiger partial charge < -0.3 is 19.5 Å². The first-order valence-corrected chi connectivity index (χ1v) is 10.0. The number of nitrogens with zero attached hydrogens (tertiary/aromatic N) is 2. The lowest BCUT2D eigenvalue weighted by Gasteiger charge is -2.26. The molecule has 1 atom stereocenters. The maximum atomic E-state index is 13.1. The minimum absolute atomic E-state index is 0.122. The molecular formula is C23H25N3O4. The molecule has 1 aliphatic rings. The van der Waals surface area contributed by atoms with Crippen molar-refractivity contribution < 1.29 is 19.4 Å². The molecule has 0 saturated carbocycles. The van der Waals surface area contributed by atoms with Crippen molar-refractivity contribution in [3.63, 3.8) is 0 Å². The molecule has 0 spiro atoms. The van der Waals surface area contributed by atoms with Crippen LogP contribution in [0.15, 0.2) is 48.5 Å². The molecule has 1 aliphatic heterocycles. The van der Waals surface area contributed by atoms with E-state index in [0.717, 1.165) is 23.3 Å². The summed E-state index contributed by atoms with van der Waals surface area (Å²) < 4.78 is 10.9. The van der Waals surface area contributed by atoms with Crippen molar-refractivity contribution >= 4 is 5.91 Å². The van der Waals surface area contributed by atoms with Gasteiger partial charge in [-0.15, -0.1) is 0 Å². The lowest BCUT2D eigenvalue weighted by atomic mass is 9.95. The Morgan fingerprint density at radius 1 is 1.13 bits per heavy atom. The third-order valence-corrected chi connectivity index (χ3v) is 5.23. The number of aromatic amines is 1. The van der Waals surface area contributed by atoms with Gasteiger partial charge in [-0.1, -0.05) is 31.2 Å². The average molecular weight is 407 g/mol. The Kier molecular flexibility index (Phi) is 5.72. The van der Waals surface area contributed by atoms with E-state index < -0.39 is 0 Å². The normalized spacial score (nSPS) is 15.5. The number of carbonyl (C=O) groups is 1. The summed E-state index contributed by atoms with van der Waals surface area (Å²) in [4.78, 5) is 14.9. The first kappa shape index (κ1) is 20.0. The number of phenolic OH excluding ortho intramolecular Hbond substituents is 1. The van der Waals surface area contributed by atoms with E-state index in [2.05, 4.69) is 17.1 Å². The maximum Gasteiger partial charge on any atom is 0.273 e. The van der Waals surface area contributed by atoms with E-state index in [-0.39, 0.29) is 17.7 Å². The highest BCUT2D eigenvalue weighted by Gasteiger charge is 2.42. The van der Waals surface area contributed by atoms with E-state index in [4.69, 9.17) is 9.47 Å². The molecule has 0 saturated heterocycles. The third kappa shape index (κ3) is 3.52. The minimum Gasteiger partial charge on any atom is -0.507 e. The lowest BCUT2D eigenvalue weighted by Crippen LogP contribution is -2.32. The standard InChI is InChI=1S/C23H25N3O4/c1-3-13-30-16-10-8-15(9-11-16)22-19-20(17-6-4-5-7-18(17)27)24-25-21(19)23(28)26(22)12-14-29-2/h4-11,22,27H,3,12-14H2,1-2H3,(H,24,25)/t22-/m1/s1. The fourth-order valence-corrected chi connectivity index (χ4v) is 3.81. The number of fused-ring (bicyclic) bond motifs is 1. The van der Waals surface area contributed by atoms with Crippen molar-refractivity contribution in [1.29, 1.82) is 0 Å². The molecule has 2 heterocycles. The summed E-state index contributed by atoms with van der Waals surface area (Å²) in [6.07, 6.45) is 0.936. The minimum atomic E-state index is -0.337. The van der Waals surface area contributed by atoms with Crippen molar-refractivity contribution in [2.45, 2.75) is 19.4 Å². The van der Waals surface area contributed by atoms with Crippen LogP contribution < -0.4 is 4.74 Å². The van der Waals surface area contributed by atoms with Crippen LogP contribution in [0.3, 0.4) is 0 Å². The number of H-pyrrole nitrogens is 1. The van der Waals surface area contributed by atoms with Gasteiger partial charge in [0.15, 0.2) is 0 Å². The van der Waals surface area contributed by atoms with Crippen LogP contribution in [0.1, 0.15) is 41.0 Å². The molecule has 7 heteroatoms. The number of nitrogens with one attached hydrogen (secondary N) is 1. The summed E-state index contributed by atoms with van der Waals surface area (Å²) in [7, 11) is 1.61. The predicted molar refractivity (Wildman–Crippen MR) is 113 cm³/mol. The summed E-state index contributed by atoms with van der Waals surface area (Å²) in [5, 5.41) is 17.6. The van der Waals surface area contributed by atoms with Crippen LogP contribution in [0.25, 0.3) is 11.3 Å². The highest BCUT2D eigenvalue weighted by Crippen LogP contribution is 2.44. The van der Waals surface area contributed by atoms with Gasteiger partial charge in [0.1, 0.15) is 22.9 Å². The molecule has 1 amide bonds. The van der Waals surface area contributed by atoms with E-state index in [1.807, 2.05) is 30.3 Å². The quantitative estimate of drug-likeness (QED) is 0.594. The van der Waals surface area contributed by atoms with Gasteiger partial charge in [0.25, 0.3) is 5.91 Å². The summed E-state index contributed by atoms with van der Waals surface area (Å²) in [6, 6.07) is 14.5. The second-order valence-corrected chi connectivity index (χ2v) is 7.19. The molecule has 0 aliphatic carbocycles. The van der Waals surface area contributed by atoms with Crippen molar-refractivity contribution in [2.75, 3.05) is 26.9 Å². The summed E-state index contributed by atoms with van der Waals surface area (Å²) in [5.41, 5.74) is 3.32. The largest absolute Gasteiger partial charge is 0.507 e. The van der Waals surface area contributed by atoms with Crippen molar-refractivity contribution in [1.82, 2.24) is 15.1 Å². The number of para-hydroxylation sites is 1. The van der Waals surface area contributed by atoms with Crippen LogP contribution in [0.2, 0.25) is 0 Å². The smallest absolute Gasteiger partial charge is 0.273 e. The monoisotopic (exact) mass is 407 g/mol. The van der Waals surface area contributed by atoms with E-state index in [0.29, 0.717) is 36.7 Å². The number of amides is 1. The van der Waals surface area contributed by atoms with Crippen LogP contribution >= 0.6 is 0 Å². The van der Waals surface area contributed by atoms with Crippen LogP contribution in [-0.4, -0.2) is 53.0 Å². The predicted octanol–water partition coefficient (Wildman–Crippen LogP) is 3.76. The molecule has 0 unspecified atom stereocenters. The Bertz CT molecular complexity index is 1030. The van der Waals surface area contributed by atoms with Gasteiger partial charge in [0.2, 0.25) is 0 Å². The lowest BCUT2D eigenvalue weighted by molar-refractivity contribution is 0.0677. The molecular weight excluding hydrogens is 382 g/mol. The Hall–Kier alpha value is -3.32. The van der Waals surface area contributed by atoms with E-state index in [9.17, 15) is 9.90 Å². The van der Waals surface area contributed by atoms with E-state index >= 15 is 0 Å². The Balaban J connectivity index is 1.78. The van der Waals surface area contributed by atoms with Gasteiger partial charge in [-0.2, -0.15) is 5.10 Å². The Labute approximate surface area is 175 Å². The third-order valence-electron chi connectivity index (χ3n) is 5.23. The molecule has 0 radical (unpaired) electrons. The molecule has 7 nitrogen and oxygen atoms in total. The highest BCUT2D eigenvalue weighted by atomic mass is 16.5. The number of ether oxygens (including phenoxy) is 2. The maximum absolute atomic E-state index is 13.1. The number of aromatic hydroxyl groups is 1. The number of phenols is 1. The number of hydrogen-bond acceptors (Lipinski definition) is 5. The van der Waals surface area contributed by atoms with Gasteiger partial charge >= 0.3 is 0 Å². The summed E-state index contributed by atoms with van der Waals surface area (Å²) >= 11 is 0. The van der Waals surface area contributed by atoms with Crippen LogP contribution in [0.5, 0.6) is 11.5 Å². The molecule has 0 bridgehead atoms. The molecule has 4 rings (SSSR count). The van der Waals surface area contributed by atoms with Gasteiger partial charge in [-0.25, -0.2) is 0 Å². The topological polar surface area (TPSA) is 87.7 Å². The zero-order chi connectivity index (χ0) is 21.1. The molecule has 30 heavy (non-hydrogen) atoms. The number of carbonyl (C=O) groups excluding carboxylic acids is 1. The Morgan fingerprint density at radius 2 is 1.90 bits per heavy atom. The number of hydrogen-bond donors (Lipinski definition) is 2. The van der Waals surface area contributed by atoms with Gasteiger partial charge in [0, 0.05) is 24.8 Å². The molecule has 2 N–H and O–H groups in total. The zero-order valence-corrected chi connectivity index (χ0v) is 17.1. The number of aromatic nitrogens is 2. The van der Waals surface area contributed by atoms with E-state index in [1.165, 1.54) is 0 Å². The van der Waals surface area contributed by atoms with Gasteiger partial charge in [0.05, 0.1) is 19.3 Å². The summed E-state index contributed by atoms with van der Waals surface area (Å²) in [5.74, 6) is 0.783. The first-order valence-electron chi connectivity index (χ1n) is 10.0. The first-order chi connectivity index (χ1) is 14.7. The Morgan fingerprint density at radius 3 is 2.60 bits per heavy atom. The zero-order valence-electron chi connectivity index (χ0n) is 17.1.